The highest BCUT2D eigenvalue weighted by Crippen LogP contribution is 2.34. The zero-order valence-electron chi connectivity index (χ0n) is 14.6. The zero-order valence-corrected chi connectivity index (χ0v) is 15.5. The summed E-state index contributed by atoms with van der Waals surface area (Å²) < 4.78 is 1.89. The maximum Gasteiger partial charge on any atom is 0.257 e. The van der Waals surface area contributed by atoms with Crippen LogP contribution < -0.4 is 10.9 Å². The van der Waals surface area contributed by atoms with E-state index in [1.165, 1.54) is 0 Å². The van der Waals surface area contributed by atoms with Crippen molar-refractivity contribution in [2.75, 3.05) is 13.1 Å². The van der Waals surface area contributed by atoms with E-state index in [1.807, 2.05) is 41.8 Å². The van der Waals surface area contributed by atoms with Gasteiger partial charge in [0.05, 0.1) is 0 Å². The van der Waals surface area contributed by atoms with Gasteiger partial charge in [-0.05, 0) is 49.7 Å². The summed E-state index contributed by atoms with van der Waals surface area (Å²) in [6, 6.07) is 12.9. The number of nitrogens with one attached hydrogen (secondary N) is 1. The predicted molar refractivity (Wildman–Crippen MR) is 104 cm³/mol. The van der Waals surface area contributed by atoms with Crippen molar-refractivity contribution in [2.45, 2.75) is 25.8 Å². The highest BCUT2D eigenvalue weighted by Gasteiger charge is 2.35. The number of likely N-dealkylation sites (tertiary alicyclic amines) is 1. The van der Waals surface area contributed by atoms with Crippen LogP contribution >= 0.6 is 12.2 Å². The van der Waals surface area contributed by atoms with Crippen LogP contribution in [0.15, 0.2) is 47.3 Å². The van der Waals surface area contributed by atoms with Crippen molar-refractivity contribution < 1.29 is 4.79 Å². The number of benzene rings is 1. The van der Waals surface area contributed by atoms with Crippen LogP contribution in [0.25, 0.3) is 0 Å². The molecule has 6 heteroatoms. The predicted octanol–water partition coefficient (Wildman–Crippen LogP) is 2.29. The van der Waals surface area contributed by atoms with E-state index in [4.69, 9.17) is 12.2 Å². The average Bonchev–Trinajstić information content (AvgIpc) is 2.62. The standard InChI is InChI=1S/C20H21N3O2S/c1-13-4-2-5-15(8-13)19(25)21-20(26)22-10-14-9-16(12-22)17-6-3-7-18(24)23(17)11-14/h2-8,14,16H,9-12H2,1H3,(H,21,25,26)/t14-,16+/m1/s1. The summed E-state index contributed by atoms with van der Waals surface area (Å²) >= 11 is 5.51. The zero-order chi connectivity index (χ0) is 18.3. The molecule has 0 aliphatic carbocycles. The van der Waals surface area contributed by atoms with Crippen molar-refractivity contribution in [3.05, 3.63) is 69.6 Å². The molecule has 2 aliphatic rings. The third kappa shape index (κ3) is 3.17. The number of carbonyl (C=O) groups is 1. The number of amides is 1. The lowest BCUT2D eigenvalue weighted by Gasteiger charge is -2.43. The summed E-state index contributed by atoms with van der Waals surface area (Å²) in [5.74, 6) is 0.464. The average molecular weight is 367 g/mol. The van der Waals surface area contributed by atoms with Gasteiger partial charge in [-0.15, -0.1) is 0 Å². The molecule has 2 atom stereocenters. The van der Waals surface area contributed by atoms with E-state index in [1.54, 1.807) is 12.1 Å². The lowest BCUT2D eigenvalue weighted by Crippen LogP contribution is -2.52. The number of nitrogens with zero attached hydrogens (tertiary/aromatic N) is 2. The Morgan fingerprint density at radius 1 is 1.15 bits per heavy atom. The van der Waals surface area contributed by atoms with Crippen LogP contribution in [0.4, 0.5) is 0 Å². The fourth-order valence-corrected chi connectivity index (χ4v) is 4.34. The molecule has 1 fully saturated rings. The smallest absolute Gasteiger partial charge is 0.257 e. The number of piperidine rings is 1. The van der Waals surface area contributed by atoms with Gasteiger partial charge in [-0.1, -0.05) is 23.8 Å². The minimum Gasteiger partial charge on any atom is -0.348 e. The molecule has 26 heavy (non-hydrogen) atoms. The first-order chi connectivity index (χ1) is 12.5. The maximum absolute atomic E-state index is 12.5. The fraction of sp³-hybridized carbons (Fsp3) is 0.350. The Labute approximate surface area is 157 Å². The van der Waals surface area contributed by atoms with E-state index in [-0.39, 0.29) is 17.4 Å². The molecule has 3 heterocycles. The third-order valence-electron chi connectivity index (χ3n) is 5.27. The van der Waals surface area contributed by atoms with Crippen LogP contribution in [0.3, 0.4) is 0 Å². The van der Waals surface area contributed by atoms with Crippen LogP contribution in [-0.2, 0) is 6.54 Å². The first-order valence-electron chi connectivity index (χ1n) is 8.88. The molecule has 1 N–H and O–H groups in total. The van der Waals surface area contributed by atoms with Crippen molar-refractivity contribution in [3.63, 3.8) is 0 Å². The highest BCUT2D eigenvalue weighted by atomic mass is 32.1. The maximum atomic E-state index is 12.5. The van der Waals surface area contributed by atoms with Crippen LogP contribution in [0.1, 0.15) is 34.0 Å². The monoisotopic (exact) mass is 367 g/mol. The SMILES string of the molecule is Cc1cccc(C(=O)NC(=S)N2C[C@H]3C[C@@H](C2)c2cccc(=O)n2C3)c1. The van der Waals surface area contributed by atoms with Crippen LogP contribution in [0.5, 0.6) is 0 Å². The molecular formula is C20H21N3O2S. The number of pyridine rings is 1. The Morgan fingerprint density at radius 2 is 1.96 bits per heavy atom. The molecule has 2 aromatic rings. The topological polar surface area (TPSA) is 54.3 Å². The molecule has 0 saturated carbocycles. The number of rotatable bonds is 1. The van der Waals surface area contributed by atoms with Gasteiger partial charge in [-0.25, -0.2) is 0 Å². The summed E-state index contributed by atoms with van der Waals surface area (Å²) in [5, 5.41) is 3.34. The Hall–Kier alpha value is -2.47. The van der Waals surface area contributed by atoms with Gasteiger partial charge >= 0.3 is 0 Å². The molecule has 1 aromatic carbocycles. The summed E-state index contributed by atoms with van der Waals surface area (Å²) in [4.78, 5) is 26.6. The van der Waals surface area contributed by atoms with Gasteiger partial charge in [-0.2, -0.15) is 0 Å². The Kier molecular flexibility index (Phi) is 4.36. The summed E-state index contributed by atoms with van der Waals surface area (Å²) in [7, 11) is 0. The number of aryl methyl sites for hydroxylation is 1. The van der Waals surface area contributed by atoms with Gasteiger partial charge in [0.15, 0.2) is 5.11 Å². The number of fused-ring (bicyclic) bond motifs is 4. The van der Waals surface area contributed by atoms with Gasteiger partial charge in [0, 0.05) is 42.9 Å². The Bertz CT molecular complexity index is 937. The first kappa shape index (κ1) is 17.0. The van der Waals surface area contributed by atoms with Gasteiger partial charge in [-0.3, -0.25) is 14.9 Å². The first-order valence-corrected chi connectivity index (χ1v) is 9.29. The van der Waals surface area contributed by atoms with Crippen molar-refractivity contribution in [2.24, 2.45) is 5.92 Å². The molecule has 134 valence electrons. The van der Waals surface area contributed by atoms with Crippen molar-refractivity contribution in [1.29, 1.82) is 0 Å². The molecular weight excluding hydrogens is 346 g/mol. The van der Waals surface area contributed by atoms with E-state index in [9.17, 15) is 9.59 Å². The Morgan fingerprint density at radius 3 is 2.77 bits per heavy atom. The number of hydrogen-bond donors (Lipinski definition) is 1. The molecule has 2 aliphatic heterocycles. The van der Waals surface area contributed by atoms with Crippen LogP contribution in [0, 0.1) is 12.8 Å². The van der Waals surface area contributed by atoms with Gasteiger partial charge < -0.3 is 9.47 Å². The largest absolute Gasteiger partial charge is 0.348 e. The van der Waals surface area contributed by atoms with Gasteiger partial charge in [0.25, 0.3) is 11.5 Å². The molecule has 0 spiro atoms. The molecule has 0 unspecified atom stereocenters. The van der Waals surface area contributed by atoms with E-state index < -0.39 is 0 Å². The van der Waals surface area contributed by atoms with Crippen molar-refractivity contribution >= 4 is 23.2 Å². The number of thiocarbonyl (C=S) groups is 1. The Balaban J connectivity index is 1.49. The van der Waals surface area contributed by atoms with Crippen LogP contribution in [0.2, 0.25) is 0 Å². The second-order valence-corrected chi connectivity index (χ2v) is 7.62. The normalized spacial score (nSPS) is 21.0. The van der Waals surface area contributed by atoms with E-state index in [0.29, 0.717) is 16.6 Å². The lowest BCUT2D eigenvalue weighted by molar-refractivity contribution is 0.0968. The summed E-state index contributed by atoms with van der Waals surface area (Å²) in [5.41, 5.74) is 2.80. The molecule has 0 radical (unpaired) electrons. The number of hydrogen-bond acceptors (Lipinski definition) is 3. The van der Waals surface area contributed by atoms with Crippen molar-refractivity contribution in [1.82, 2.24) is 14.8 Å². The second kappa shape index (κ2) is 6.68. The molecule has 1 amide bonds. The fourth-order valence-electron chi connectivity index (χ4n) is 4.10. The number of aromatic nitrogens is 1. The van der Waals surface area contributed by atoms with E-state index in [0.717, 1.165) is 37.3 Å². The minimum atomic E-state index is -0.175. The van der Waals surface area contributed by atoms with Gasteiger partial charge in [0.2, 0.25) is 0 Å². The molecule has 2 bridgehead atoms. The summed E-state index contributed by atoms with van der Waals surface area (Å²) in [6.07, 6.45) is 1.06. The molecule has 4 rings (SSSR count). The number of carbonyl (C=O) groups excluding carboxylic acids is 1. The molecule has 1 aromatic heterocycles. The summed E-state index contributed by atoms with van der Waals surface area (Å²) in [6.45, 7) is 4.17. The quantitative estimate of drug-likeness (QED) is 0.786. The van der Waals surface area contributed by atoms with Crippen molar-refractivity contribution in [3.8, 4) is 0 Å². The van der Waals surface area contributed by atoms with Crippen LogP contribution in [-0.4, -0.2) is 33.6 Å². The third-order valence-corrected chi connectivity index (χ3v) is 5.63. The lowest BCUT2D eigenvalue weighted by atomic mass is 9.83. The van der Waals surface area contributed by atoms with E-state index in [2.05, 4.69) is 10.2 Å². The second-order valence-electron chi connectivity index (χ2n) is 7.23. The minimum absolute atomic E-state index is 0.0703. The van der Waals surface area contributed by atoms with Gasteiger partial charge in [0.1, 0.15) is 0 Å². The highest BCUT2D eigenvalue weighted by molar-refractivity contribution is 7.80. The molecule has 1 saturated heterocycles. The molecule has 5 nitrogen and oxygen atoms in total. The van der Waals surface area contributed by atoms with E-state index >= 15 is 0 Å².